The van der Waals surface area contributed by atoms with Gasteiger partial charge in [0.05, 0.1) is 20.3 Å². The second kappa shape index (κ2) is 6.88. The summed E-state index contributed by atoms with van der Waals surface area (Å²) in [6, 6.07) is 11.5. The van der Waals surface area contributed by atoms with Crippen LogP contribution in [0, 0.1) is 0 Å². The highest BCUT2D eigenvalue weighted by Crippen LogP contribution is 2.25. The first-order valence-electron chi connectivity index (χ1n) is 6.36. The summed E-state index contributed by atoms with van der Waals surface area (Å²) in [5.74, 6) is 7.22. The van der Waals surface area contributed by atoms with Crippen molar-refractivity contribution < 1.29 is 9.47 Å². The van der Waals surface area contributed by atoms with Gasteiger partial charge in [-0.05, 0) is 36.2 Å². The van der Waals surface area contributed by atoms with Crippen LogP contribution in [-0.2, 0) is 6.42 Å². The minimum absolute atomic E-state index is 0.112. The van der Waals surface area contributed by atoms with E-state index in [-0.39, 0.29) is 6.04 Å². The molecule has 1 atom stereocenters. The molecule has 106 valence electrons. The molecule has 0 bridgehead atoms. The Morgan fingerprint density at radius 2 is 1.90 bits per heavy atom. The minimum atomic E-state index is -0.112. The molecule has 5 heteroatoms. The molecule has 0 radical (unpaired) electrons. The fourth-order valence-electron chi connectivity index (χ4n) is 2.07. The molecule has 0 aliphatic carbocycles. The van der Waals surface area contributed by atoms with Crippen molar-refractivity contribution in [2.45, 2.75) is 12.5 Å². The molecular weight excluding hydrogens is 254 g/mol. The van der Waals surface area contributed by atoms with Gasteiger partial charge in [-0.15, -0.1) is 0 Å². The Bertz CT molecular complexity index is 543. The van der Waals surface area contributed by atoms with Crippen molar-refractivity contribution in [3.8, 4) is 11.5 Å². The Morgan fingerprint density at radius 1 is 1.15 bits per heavy atom. The van der Waals surface area contributed by atoms with Gasteiger partial charge in [0.2, 0.25) is 0 Å². The highest BCUT2D eigenvalue weighted by atomic mass is 16.5. The van der Waals surface area contributed by atoms with Crippen LogP contribution in [0.15, 0.2) is 42.6 Å². The first-order chi connectivity index (χ1) is 9.78. The summed E-state index contributed by atoms with van der Waals surface area (Å²) < 4.78 is 10.5. The number of benzene rings is 1. The van der Waals surface area contributed by atoms with E-state index in [1.165, 1.54) is 0 Å². The molecule has 0 fully saturated rings. The molecule has 0 amide bonds. The van der Waals surface area contributed by atoms with Crippen LogP contribution in [0.5, 0.6) is 11.5 Å². The number of hydrogen-bond acceptors (Lipinski definition) is 5. The van der Waals surface area contributed by atoms with Gasteiger partial charge in [0, 0.05) is 6.20 Å². The molecule has 0 aliphatic rings. The van der Waals surface area contributed by atoms with E-state index in [2.05, 4.69) is 10.4 Å². The monoisotopic (exact) mass is 273 g/mol. The van der Waals surface area contributed by atoms with Gasteiger partial charge in [0.15, 0.2) is 0 Å². The van der Waals surface area contributed by atoms with Gasteiger partial charge in [-0.25, -0.2) is 0 Å². The van der Waals surface area contributed by atoms with Gasteiger partial charge < -0.3 is 9.47 Å². The van der Waals surface area contributed by atoms with Gasteiger partial charge in [0.25, 0.3) is 0 Å². The van der Waals surface area contributed by atoms with E-state index in [0.717, 1.165) is 22.8 Å². The lowest BCUT2D eigenvalue weighted by Gasteiger charge is -2.18. The zero-order valence-electron chi connectivity index (χ0n) is 11.7. The van der Waals surface area contributed by atoms with E-state index >= 15 is 0 Å². The van der Waals surface area contributed by atoms with Crippen LogP contribution in [0.4, 0.5) is 0 Å². The fourth-order valence-corrected chi connectivity index (χ4v) is 2.07. The third-order valence-corrected chi connectivity index (χ3v) is 3.15. The number of nitrogens with zero attached hydrogens (tertiary/aromatic N) is 1. The zero-order valence-corrected chi connectivity index (χ0v) is 11.7. The Labute approximate surface area is 118 Å². The third kappa shape index (κ3) is 3.26. The average molecular weight is 273 g/mol. The molecular formula is C15H19N3O2. The summed E-state index contributed by atoms with van der Waals surface area (Å²) in [4.78, 5) is 4.36. The lowest BCUT2D eigenvalue weighted by atomic mass is 10.0. The van der Waals surface area contributed by atoms with Crippen molar-refractivity contribution in [3.63, 3.8) is 0 Å². The number of nitrogens with two attached hydrogens (primary N) is 1. The van der Waals surface area contributed by atoms with E-state index < -0.39 is 0 Å². The lowest BCUT2D eigenvalue weighted by molar-refractivity contribution is 0.394. The van der Waals surface area contributed by atoms with E-state index in [9.17, 15) is 0 Å². The van der Waals surface area contributed by atoms with E-state index in [0.29, 0.717) is 6.42 Å². The largest absolute Gasteiger partial charge is 0.497 e. The summed E-state index contributed by atoms with van der Waals surface area (Å²) >= 11 is 0. The molecule has 1 heterocycles. The number of nitrogens with one attached hydrogen (secondary N) is 1. The summed E-state index contributed by atoms with van der Waals surface area (Å²) in [5.41, 5.74) is 4.74. The van der Waals surface area contributed by atoms with Crippen LogP contribution in [0.25, 0.3) is 0 Å². The Balaban J connectivity index is 2.19. The first kappa shape index (κ1) is 14.3. The second-order valence-electron chi connectivity index (χ2n) is 4.36. The number of hydrazine groups is 1. The van der Waals surface area contributed by atoms with Crippen molar-refractivity contribution in [1.82, 2.24) is 10.4 Å². The van der Waals surface area contributed by atoms with Crippen LogP contribution in [0.3, 0.4) is 0 Å². The SMILES string of the molecule is COc1ccc(CC(NN)c2ncccc2OC)cc1. The van der Waals surface area contributed by atoms with Crippen molar-refractivity contribution in [3.05, 3.63) is 53.9 Å². The van der Waals surface area contributed by atoms with Gasteiger partial charge >= 0.3 is 0 Å². The average Bonchev–Trinajstić information content (AvgIpc) is 2.53. The van der Waals surface area contributed by atoms with Crippen molar-refractivity contribution in [2.75, 3.05) is 14.2 Å². The first-order valence-corrected chi connectivity index (χ1v) is 6.36. The molecule has 2 aromatic rings. The lowest BCUT2D eigenvalue weighted by Crippen LogP contribution is -2.30. The summed E-state index contributed by atoms with van der Waals surface area (Å²) in [5, 5.41) is 0. The topological polar surface area (TPSA) is 69.4 Å². The molecule has 0 saturated carbocycles. The van der Waals surface area contributed by atoms with Crippen molar-refractivity contribution >= 4 is 0 Å². The normalized spacial score (nSPS) is 11.9. The maximum atomic E-state index is 5.66. The smallest absolute Gasteiger partial charge is 0.142 e. The summed E-state index contributed by atoms with van der Waals surface area (Å²) in [6.07, 6.45) is 2.45. The number of aromatic nitrogens is 1. The summed E-state index contributed by atoms with van der Waals surface area (Å²) in [7, 11) is 3.28. The maximum absolute atomic E-state index is 5.66. The zero-order chi connectivity index (χ0) is 14.4. The van der Waals surface area contributed by atoms with Gasteiger partial charge in [-0.1, -0.05) is 12.1 Å². The molecule has 1 aromatic carbocycles. The second-order valence-corrected chi connectivity index (χ2v) is 4.36. The van der Waals surface area contributed by atoms with Gasteiger partial charge in [-0.2, -0.15) is 0 Å². The highest BCUT2D eigenvalue weighted by Gasteiger charge is 2.16. The van der Waals surface area contributed by atoms with E-state index in [1.807, 2.05) is 36.4 Å². The van der Waals surface area contributed by atoms with E-state index in [1.54, 1.807) is 20.4 Å². The Hall–Kier alpha value is -2.11. The van der Waals surface area contributed by atoms with Crippen LogP contribution < -0.4 is 20.7 Å². The number of hydrogen-bond donors (Lipinski definition) is 2. The van der Waals surface area contributed by atoms with Gasteiger partial charge in [0.1, 0.15) is 17.2 Å². The van der Waals surface area contributed by atoms with Crippen LogP contribution in [0.1, 0.15) is 17.3 Å². The third-order valence-electron chi connectivity index (χ3n) is 3.15. The molecule has 0 spiro atoms. The quantitative estimate of drug-likeness (QED) is 0.621. The maximum Gasteiger partial charge on any atom is 0.142 e. The summed E-state index contributed by atoms with van der Waals surface area (Å²) in [6.45, 7) is 0. The van der Waals surface area contributed by atoms with Gasteiger partial charge in [-0.3, -0.25) is 16.3 Å². The number of rotatable bonds is 6. The number of pyridine rings is 1. The minimum Gasteiger partial charge on any atom is -0.497 e. The predicted octanol–water partition coefficient (Wildman–Crippen LogP) is 1.85. The van der Waals surface area contributed by atoms with E-state index in [4.69, 9.17) is 15.3 Å². The molecule has 5 nitrogen and oxygen atoms in total. The molecule has 3 N–H and O–H groups in total. The molecule has 0 aliphatic heterocycles. The highest BCUT2D eigenvalue weighted by molar-refractivity contribution is 5.32. The molecule has 2 rings (SSSR count). The van der Waals surface area contributed by atoms with Crippen molar-refractivity contribution in [1.29, 1.82) is 0 Å². The van der Waals surface area contributed by atoms with Crippen molar-refractivity contribution in [2.24, 2.45) is 5.84 Å². The molecule has 0 saturated heterocycles. The van der Waals surface area contributed by atoms with Crippen LogP contribution in [-0.4, -0.2) is 19.2 Å². The Morgan fingerprint density at radius 3 is 2.50 bits per heavy atom. The molecule has 1 aromatic heterocycles. The van der Waals surface area contributed by atoms with Crippen LogP contribution in [0.2, 0.25) is 0 Å². The fraction of sp³-hybridized carbons (Fsp3) is 0.267. The van der Waals surface area contributed by atoms with Crippen LogP contribution >= 0.6 is 0 Å². The molecule has 20 heavy (non-hydrogen) atoms. The number of methoxy groups -OCH3 is 2. The predicted molar refractivity (Wildman–Crippen MR) is 77.6 cm³/mol. The Kier molecular flexibility index (Phi) is 4.92. The molecule has 1 unspecified atom stereocenters. The standard InChI is InChI=1S/C15H19N3O2/c1-19-12-7-5-11(6-8-12)10-13(18-16)15-14(20-2)4-3-9-17-15/h3-9,13,18H,10,16H2,1-2H3. The number of ether oxygens (including phenoxy) is 2.